The number of rotatable bonds is 3. The lowest BCUT2D eigenvalue weighted by Gasteiger charge is -2.33. The summed E-state index contributed by atoms with van der Waals surface area (Å²) in [4.78, 5) is 27.8. The molecule has 26 heavy (non-hydrogen) atoms. The highest BCUT2D eigenvalue weighted by atomic mass is 16.2. The maximum absolute atomic E-state index is 13.3. The first-order valence-electron chi connectivity index (χ1n) is 9.96. The Morgan fingerprint density at radius 2 is 1.38 bits per heavy atom. The van der Waals surface area contributed by atoms with Gasteiger partial charge in [-0.15, -0.1) is 0 Å². The molecule has 0 bridgehead atoms. The fraction of sp³-hybridized carbons (Fsp3) is 0.636. The minimum absolute atomic E-state index is 0.00543. The van der Waals surface area contributed by atoms with E-state index in [0.29, 0.717) is 13.1 Å². The smallest absolute Gasteiger partial charge is 0.239 e. The van der Waals surface area contributed by atoms with E-state index in [9.17, 15) is 9.59 Å². The van der Waals surface area contributed by atoms with Crippen molar-refractivity contribution in [2.75, 3.05) is 19.6 Å². The van der Waals surface area contributed by atoms with Crippen LogP contribution < -0.4 is 5.32 Å². The molecule has 1 unspecified atom stereocenters. The molecule has 1 N–H and O–H groups in total. The monoisotopic (exact) mass is 356 g/mol. The van der Waals surface area contributed by atoms with Crippen LogP contribution in [0.2, 0.25) is 0 Å². The van der Waals surface area contributed by atoms with Gasteiger partial charge in [0.25, 0.3) is 0 Å². The van der Waals surface area contributed by atoms with Gasteiger partial charge in [0, 0.05) is 24.6 Å². The average molecular weight is 357 g/mol. The van der Waals surface area contributed by atoms with E-state index in [0.717, 1.165) is 48.9 Å². The Balaban J connectivity index is 1.72. The molecule has 1 aromatic carbocycles. The van der Waals surface area contributed by atoms with Gasteiger partial charge in [-0.25, -0.2) is 0 Å². The fourth-order valence-electron chi connectivity index (χ4n) is 4.55. The van der Waals surface area contributed by atoms with Crippen LogP contribution in [-0.4, -0.2) is 42.3 Å². The molecule has 3 rings (SSSR count). The molecule has 4 nitrogen and oxygen atoms in total. The largest absolute Gasteiger partial charge is 0.341 e. The van der Waals surface area contributed by atoms with Crippen molar-refractivity contribution in [3.05, 3.63) is 33.4 Å². The molecular formula is C22H32N2O2. The molecule has 0 aromatic heterocycles. The Kier molecular flexibility index (Phi) is 5.52. The van der Waals surface area contributed by atoms with E-state index >= 15 is 0 Å². The highest BCUT2D eigenvalue weighted by Crippen LogP contribution is 2.31. The van der Waals surface area contributed by atoms with Crippen molar-refractivity contribution in [3.8, 4) is 0 Å². The molecule has 2 aliphatic heterocycles. The Hall–Kier alpha value is -1.68. The maximum Gasteiger partial charge on any atom is 0.239 e. The van der Waals surface area contributed by atoms with Crippen molar-refractivity contribution in [1.29, 1.82) is 0 Å². The predicted octanol–water partition coefficient (Wildman–Crippen LogP) is 3.40. The summed E-state index contributed by atoms with van der Waals surface area (Å²) in [5.74, 6) is 0.537. The van der Waals surface area contributed by atoms with Gasteiger partial charge in [-0.3, -0.25) is 9.59 Å². The number of hydrogen-bond acceptors (Lipinski definition) is 3. The van der Waals surface area contributed by atoms with E-state index < -0.39 is 0 Å². The van der Waals surface area contributed by atoms with Crippen molar-refractivity contribution in [3.63, 3.8) is 0 Å². The normalized spacial score (nSPS) is 21.3. The lowest BCUT2D eigenvalue weighted by Crippen LogP contribution is -2.47. The first-order valence-corrected chi connectivity index (χ1v) is 9.96. The minimum atomic E-state index is -0.00543. The third kappa shape index (κ3) is 3.32. The zero-order valence-electron chi connectivity index (χ0n) is 16.9. The van der Waals surface area contributed by atoms with Gasteiger partial charge in [0.1, 0.15) is 0 Å². The predicted molar refractivity (Wildman–Crippen MR) is 105 cm³/mol. The molecule has 0 saturated carbocycles. The summed E-state index contributed by atoms with van der Waals surface area (Å²) in [6.07, 6.45) is 3.58. The summed E-state index contributed by atoms with van der Waals surface area (Å²) in [7, 11) is 0. The van der Waals surface area contributed by atoms with Crippen molar-refractivity contribution in [1.82, 2.24) is 10.2 Å². The molecule has 4 heteroatoms. The summed E-state index contributed by atoms with van der Waals surface area (Å²) in [5.41, 5.74) is 6.94. The van der Waals surface area contributed by atoms with Crippen molar-refractivity contribution in [2.24, 2.45) is 5.92 Å². The summed E-state index contributed by atoms with van der Waals surface area (Å²) in [6, 6.07) is -0.00543. The second-order valence-corrected chi connectivity index (χ2v) is 8.11. The van der Waals surface area contributed by atoms with Crippen molar-refractivity contribution < 1.29 is 9.59 Å². The molecule has 0 spiro atoms. The highest BCUT2D eigenvalue weighted by molar-refractivity contribution is 6.01. The van der Waals surface area contributed by atoms with Crippen LogP contribution in [0.1, 0.15) is 63.9 Å². The summed E-state index contributed by atoms with van der Waals surface area (Å²) in [5, 5.41) is 3.29. The first-order chi connectivity index (χ1) is 12.3. The Bertz CT molecular complexity index is 695. The number of ketones is 1. The van der Waals surface area contributed by atoms with E-state index in [2.05, 4.69) is 39.9 Å². The quantitative estimate of drug-likeness (QED) is 0.845. The molecule has 0 radical (unpaired) electrons. The summed E-state index contributed by atoms with van der Waals surface area (Å²) < 4.78 is 0. The van der Waals surface area contributed by atoms with Gasteiger partial charge >= 0.3 is 0 Å². The van der Waals surface area contributed by atoms with Gasteiger partial charge in [0.05, 0.1) is 6.04 Å². The van der Waals surface area contributed by atoms with E-state index in [1.807, 2.05) is 4.90 Å². The molecule has 2 fully saturated rings. The number of benzene rings is 1. The molecule has 2 aliphatic rings. The number of Topliss-reactive ketones (excluding diaryl/α,β-unsaturated/α-hetero) is 1. The van der Waals surface area contributed by atoms with Gasteiger partial charge in [-0.2, -0.15) is 0 Å². The molecule has 142 valence electrons. The van der Waals surface area contributed by atoms with Crippen LogP contribution in [0.15, 0.2) is 0 Å². The van der Waals surface area contributed by atoms with Crippen LogP contribution in [0.3, 0.4) is 0 Å². The summed E-state index contributed by atoms with van der Waals surface area (Å²) in [6.45, 7) is 12.9. The van der Waals surface area contributed by atoms with E-state index in [1.165, 1.54) is 16.7 Å². The van der Waals surface area contributed by atoms with Gasteiger partial charge in [-0.05, 0) is 94.7 Å². The van der Waals surface area contributed by atoms with E-state index in [1.54, 1.807) is 0 Å². The van der Waals surface area contributed by atoms with Crippen molar-refractivity contribution in [2.45, 2.75) is 66.3 Å². The molecule has 1 atom stereocenters. The Morgan fingerprint density at radius 3 is 1.88 bits per heavy atom. The van der Waals surface area contributed by atoms with Gasteiger partial charge in [-0.1, -0.05) is 0 Å². The van der Waals surface area contributed by atoms with Crippen LogP contribution in [0.25, 0.3) is 0 Å². The molecule has 2 saturated heterocycles. The van der Waals surface area contributed by atoms with Crippen LogP contribution in [0.5, 0.6) is 0 Å². The zero-order chi connectivity index (χ0) is 19.0. The Labute approximate surface area is 157 Å². The number of amides is 1. The van der Waals surface area contributed by atoms with Crippen LogP contribution >= 0.6 is 0 Å². The number of likely N-dealkylation sites (tertiary alicyclic amines) is 1. The highest BCUT2D eigenvalue weighted by Gasteiger charge is 2.33. The molecule has 1 aromatic rings. The standard InChI is InChI=1S/C22H32N2O2/c1-13-14(2)16(4)20(17(5)15(13)3)21(25)18-8-11-24(12-9-18)22(26)19-7-6-10-23-19/h18-19,23H,6-12H2,1-5H3. The third-order valence-electron chi connectivity index (χ3n) is 6.78. The number of hydrogen-bond donors (Lipinski definition) is 1. The van der Waals surface area contributed by atoms with Crippen LogP contribution in [-0.2, 0) is 4.79 Å². The lowest BCUT2D eigenvalue weighted by atomic mass is 9.81. The van der Waals surface area contributed by atoms with E-state index in [4.69, 9.17) is 0 Å². The number of piperidine rings is 1. The topological polar surface area (TPSA) is 49.4 Å². The number of carbonyl (C=O) groups excluding carboxylic acids is 2. The minimum Gasteiger partial charge on any atom is -0.341 e. The van der Waals surface area contributed by atoms with E-state index in [-0.39, 0.29) is 23.7 Å². The fourth-order valence-corrected chi connectivity index (χ4v) is 4.55. The lowest BCUT2D eigenvalue weighted by molar-refractivity contribution is -0.134. The van der Waals surface area contributed by atoms with Crippen molar-refractivity contribution >= 4 is 11.7 Å². The van der Waals surface area contributed by atoms with Gasteiger partial charge in [0.2, 0.25) is 5.91 Å². The Morgan fingerprint density at radius 1 is 0.846 bits per heavy atom. The third-order valence-corrected chi connectivity index (χ3v) is 6.78. The van der Waals surface area contributed by atoms with Gasteiger partial charge < -0.3 is 10.2 Å². The number of nitrogens with zero attached hydrogens (tertiary/aromatic N) is 1. The molecular weight excluding hydrogens is 324 g/mol. The zero-order valence-corrected chi connectivity index (χ0v) is 16.9. The SMILES string of the molecule is Cc1c(C)c(C)c(C(=O)C2CCN(C(=O)C3CCCN3)CC2)c(C)c1C. The summed E-state index contributed by atoms with van der Waals surface area (Å²) >= 11 is 0. The maximum atomic E-state index is 13.3. The van der Waals surface area contributed by atoms with Gasteiger partial charge in [0.15, 0.2) is 5.78 Å². The number of nitrogens with one attached hydrogen (secondary N) is 1. The first kappa shape index (κ1) is 19.1. The van der Waals surface area contributed by atoms with Crippen LogP contribution in [0.4, 0.5) is 0 Å². The average Bonchev–Trinajstić information content (AvgIpc) is 3.19. The number of carbonyl (C=O) groups is 2. The second-order valence-electron chi connectivity index (χ2n) is 8.11. The molecule has 0 aliphatic carbocycles. The second kappa shape index (κ2) is 7.51. The molecule has 2 heterocycles. The molecule has 1 amide bonds. The van der Waals surface area contributed by atoms with Crippen LogP contribution in [0, 0.1) is 40.5 Å².